The van der Waals surface area contributed by atoms with E-state index >= 15 is 0 Å². The minimum Gasteiger partial charge on any atom is -0.463 e. The Morgan fingerprint density at radius 3 is 2.68 bits per heavy atom. The number of unbranched alkanes of at least 4 members (excludes halogenated alkanes) is 3. The van der Waals surface area contributed by atoms with Crippen LogP contribution in [0.5, 0.6) is 0 Å². The van der Waals surface area contributed by atoms with Crippen LogP contribution in [0.3, 0.4) is 0 Å². The summed E-state index contributed by atoms with van der Waals surface area (Å²) in [4.78, 5) is 23.7. The van der Waals surface area contributed by atoms with E-state index < -0.39 is 12.2 Å². The Hall–Kier alpha value is -1.46. The molecule has 5 heteroatoms. The second-order valence-electron chi connectivity index (χ2n) is 8.01. The number of rotatable bonds is 13. The summed E-state index contributed by atoms with van der Waals surface area (Å²) >= 11 is 0. The van der Waals surface area contributed by atoms with Gasteiger partial charge in [-0.2, -0.15) is 0 Å². The SMILES string of the molecule is CCCCC[C@H](O)C=C[C@H]1[C@H](O)CC(=O)[C@H]1CC=CCCCC(=O)OC(C)C. The minimum atomic E-state index is -0.671. The van der Waals surface area contributed by atoms with Gasteiger partial charge in [0.15, 0.2) is 0 Å². The van der Waals surface area contributed by atoms with Gasteiger partial charge in [0, 0.05) is 24.7 Å². The number of hydrogen-bond donors (Lipinski definition) is 2. The molecule has 28 heavy (non-hydrogen) atoms. The highest BCUT2D eigenvalue weighted by Crippen LogP contribution is 2.33. The van der Waals surface area contributed by atoms with Crippen molar-refractivity contribution in [2.75, 3.05) is 0 Å². The lowest BCUT2D eigenvalue weighted by Crippen LogP contribution is -2.18. The molecule has 0 radical (unpaired) electrons. The van der Waals surface area contributed by atoms with E-state index in [1.54, 1.807) is 6.08 Å². The van der Waals surface area contributed by atoms with Crippen LogP contribution in [0.15, 0.2) is 24.3 Å². The molecule has 0 saturated heterocycles. The van der Waals surface area contributed by atoms with Crippen LogP contribution in [0.1, 0.15) is 78.6 Å². The van der Waals surface area contributed by atoms with Crippen molar-refractivity contribution in [3.8, 4) is 0 Å². The molecule has 4 atom stereocenters. The Morgan fingerprint density at radius 1 is 1.25 bits per heavy atom. The van der Waals surface area contributed by atoms with Crippen LogP contribution in [0.25, 0.3) is 0 Å². The predicted molar refractivity (Wildman–Crippen MR) is 111 cm³/mol. The largest absolute Gasteiger partial charge is 0.463 e. The number of ether oxygens (including phenoxy) is 1. The first-order valence-corrected chi connectivity index (χ1v) is 10.8. The molecule has 160 valence electrons. The maximum Gasteiger partial charge on any atom is 0.306 e. The number of aliphatic hydroxyl groups excluding tert-OH is 2. The van der Waals surface area contributed by atoms with Crippen molar-refractivity contribution in [1.29, 1.82) is 0 Å². The molecule has 0 aliphatic heterocycles. The topological polar surface area (TPSA) is 83.8 Å². The summed E-state index contributed by atoms with van der Waals surface area (Å²) in [6.07, 6.45) is 12.8. The molecule has 1 aliphatic rings. The monoisotopic (exact) mass is 394 g/mol. The van der Waals surface area contributed by atoms with Crippen molar-refractivity contribution in [2.45, 2.75) is 96.9 Å². The van der Waals surface area contributed by atoms with E-state index in [1.807, 2.05) is 32.1 Å². The number of allylic oxidation sites excluding steroid dienone is 2. The number of carbonyl (C=O) groups is 2. The molecule has 0 aromatic rings. The van der Waals surface area contributed by atoms with Gasteiger partial charge in [0.05, 0.1) is 18.3 Å². The van der Waals surface area contributed by atoms with Crippen molar-refractivity contribution in [1.82, 2.24) is 0 Å². The smallest absolute Gasteiger partial charge is 0.306 e. The normalized spacial score (nSPS) is 23.9. The third-order valence-electron chi connectivity index (χ3n) is 5.07. The Kier molecular flexibility index (Phi) is 12.0. The molecule has 5 nitrogen and oxygen atoms in total. The van der Waals surface area contributed by atoms with Crippen molar-refractivity contribution in [3.05, 3.63) is 24.3 Å². The molecule has 1 fully saturated rings. The highest BCUT2D eigenvalue weighted by molar-refractivity contribution is 5.84. The Labute approximate surface area is 169 Å². The van der Waals surface area contributed by atoms with E-state index in [2.05, 4.69) is 6.92 Å². The van der Waals surface area contributed by atoms with Gasteiger partial charge < -0.3 is 14.9 Å². The van der Waals surface area contributed by atoms with Crippen LogP contribution in [0, 0.1) is 11.8 Å². The molecule has 0 aromatic heterocycles. The summed E-state index contributed by atoms with van der Waals surface area (Å²) in [6, 6.07) is 0. The summed E-state index contributed by atoms with van der Waals surface area (Å²) in [5.74, 6) is -0.580. The molecular formula is C23H38O5. The highest BCUT2D eigenvalue weighted by Gasteiger charge is 2.39. The Morgan fingerprint density at radius 2 is 2.00 bits per heavy atom. The van der Waals surface area contributed by atoms with Crippen LogP contribution >= 0.6 is 0 Å². The van der Waals surface area contributed by atoms with Gasteiger partial charge in [-0.05, 0) is 39.5 Å². The fourth-order valence-electron chi connectivity index (χ4n) is 3.53. The van der Waals surface area contributed by atoms with Gasteiger partial charge in [0.25, 0.3) is 0 Å². The average Bonchev–Trinajstić information content (AvgIpc) is 2.88. The quantitative estimate of drug-likeness (QED) is 0.279. The molecule has 1 rings (SSSR count). The summed E-state index contributed by atoms with van der Waals surface area (Å²) in [5, 5.41) is 20.2. The van der Waals surface area contributed by atoms with Crippen molar-refractivity contribution in [2.24, 2.45) is 11.8 Å². The van der Waals surface area contributed by atoms with Gasteiger partial charge in [-0.25, -0.2) is 0 Å². The summed E-state index contributed by atoms with van der Waals surface area (Å²) < 4.78 is 5.09. The maximum absolute atomic E-state index is 12.2. The first-order chi connectivity index (χ1) is 13.3. The standard InChI is InChI=1S/C23H38O5/c1-4-5-8-11-18(24)14-15-20-19(21(25)16-22(20)26)12-9-6-7-10-13-23(27)28-17(2)3/h6,9,14-15,17-20,22,24,26H,4-5,7-8,10-13,16H2,1-3H3/t18-,19-,20+,22+/m0/s1. The second-order valence-corrected chi connectivity index (χ2v) is 8.01. The third kappa shape index (κ3) is 9.65. The summed E-state index contributed by atoms with van der Waals surface area (Å²) in [5.41, 5.74) is 0. The van der Waals surface area contributed by atoms with Crippen LogP contribution in [0.4, 0.5) is 0 Å². The zero-order valence-corrected chi connectivity index (χ0v) is 17.7. The van der Waals surface area contributed by atoms with Crippen LogP contribution in [0.2, 0.25) is 0 Å². The van der Waals surface area contributed by atoms with Crippen molar-refractivity contribution in [3.63, 3.8) is 0 Å². The van der Waals surface area contributed by atoms with E-state index in [9.17, 15) is 19.8 Å². The Balaban J connectivity index is 2.42. The second kappa shape index (κ2) is 13.7. The van der Waals surface area contributed by atoms with Crippen molar-refractivity contribution < 1.29 is 24.5 Å². The van der Waals surface area contributed by atoms with E-state index in [0.717, 1.165) is 32.1 Å². The summed E-state index contributed by atoms with van der Waals surface area (Å²) in [7, 11) is 0. The van der Waals surface area contributed by atoms with Gasteiger partial charge in [0.1, 0.15) is 5.78 Å². The van der Waals surface area contributed by atoms with Crippen LogP contribution in [-0.4, -0.2) is 40.3 Å². The van der Waals surface area contributed by atoms with E-state index in [0.29, 0.717) is 19.3 Å². The van der Waals surface area contributed by atoms with Gasteiger partial charge in [-0.15, -0.1) is 0 Å². The van der Waals surface area contributed by atoms with Gasteiger partial charge >= 0.3 is 5.97 Å². The third-order valence-corrected chi connectivity index (χ3v) is 5.07. The zero-order chi connectivity index (χ0) is 20.9. The number of aliphatic hydroxyl groups is 2. The van der Waals surface area contributed by atoms with Crippen molar-refractivity contribution >= 4 is 11.8 Å². The molecule has 0 heterocycles. The maximum atomic E-state index is 12.2. The first kappa shape index (κ1) is 24.6. The lowest BCUT2D eigenvalue weighted by atomic mass is 9.90. The molecule has 0 amide bonds. The zero-order valence-electron chi connectivity index (χ0n) is 17.7. The lowest BCUT2D eigenvalue weighted by molar-refractivity contribution is -0.147. The molecular weight excluding hydrogens is 356 g/mol. The molecule has 1 aliphatic carbocycles. The van der Waals surface area contributed by atoms with E-state index in [-0.39, 0.29) is 36.1 Å². The average molecular weight is 395 g/mol. The van der Waals surface area contributed by atoms with Crippen LogP contribution in [-0.2, 0) is 14.3 Å². The lowest BCUT2D eigenvalue weighted by Gasteiger charge is -2.16. The van der Waals surface area contributed by atoms with Gasteiger partial charge in [-0.1, -0.05) is 50.5 Å². The molecule has 0 aromatic carbocycles. The fourth-order valence-corrected chi connectivity index (χ4v) is 3.53. The number of hydrogen-bond acceptors (Lipinski definition) is 5. The highest BCUT2D eigenvalue weighted by atomic mass is 16.5. The Bertz CT molecular complexity index is 523. The number of carbonyl (C=O) groups excluding carboxylic acids is 2. The minimum absolute atomic E-state index is 0.0767. The summed E-state index contributed by atoms with van der Waals surface area (Å²) in [6.45, 7) is 5.79. The first-order valence-electron chi connectivity index (χ1n) is 10.8. The van der Waals surface area contributed by atoms with E-state index in [4.69, 9.17) is 4.74 Å². The molecule has 1 saturated carbocycles. The van der Waals surface area contributed by atoms with Gasteiger partial charge in [-0.3, -0.25) is 9.59 Å². The predicted octanol–water partition coefficient (Wildman–Crippen LogP) is 4.12. The van der Waals surface area contributed by atoms with Crippen LogP contribution < -0.4 is 0 Å². The number of ketones is 1. The molecule has 2 N–H and O–H groups in total. The van der Waals surface area contributed by atoms with Gasteiger partial charge in [0.2, 0.25) is 0 Å². The fraction of sp³-hybridized carbons (Fsp3) is 0.739. The number of Topliss-reactive ketones (excluding diaryl/α,β-unsaturated/α-hetero) is 1. The van der Waals surface area contributed by atoms with E-state index in [1.165, 1.54) is 0 Å². The molecule has 0 unspecified atom stereocenters. The number of esters is 1. The molecule has 0 bridgehead atoms. The molecule has 0 spiro atoms.